The molecule has 0 aliphatic rings. The summed E-state index contributed by atoms with van der Waals surface area (Å²) >= 11 is 0. The third kappa shape index (κ3) is 6.14. The molecule has 0 heterocycles. The molecule has 2 amide bonds. The second kappa shape index (κ2) is 9.46. The molecule has 0 radical (unpaired) electrons. The summed E-state index contributed by atoms with van der Waals surface area (Å²) in [6.07, 6.45) is 3.25. The molecule has 0 aliphatic carbocycles. The first kappa shape index (κ1) is 20.0. The molecule has 3 aromatic rings. The first-order valence-corrected chi connectivity index (χ1v) is 9.18. The highest BCUT2D eigenvalue weighted by molar-refractivity contribution is 6.04. The maximum absolute atomic E-state index is 13.0. The third-order valence-electron chi connectivity index (χ3n) is 4.26. The van der Waals surface area contributed by atoms with Gasteiger partial charge in [-0.1, -0.05) is 42.0 Å². The van der Waals surface area contributed by atoms with Crippen LogP contribution in [-0.2, 0) is 11.3 Å². The van der Waals surface area contributed by atoms with E-state index in [0.29, 0.717) is 17.8 Å². The molecule has 2 N–H and O–H groups in total. The topological polar surface area (TPSA) is 58.2 Å². The molecule has 0 atom stereocenters. The van der Waals surface area contributed by atoms with E-state index in [1.165, 1.54) is 30.3 Å². The summed E-state index contributed by atoms with van der Waals surface area (Å²) in [5.74, 6) is -0.922. The average molecular weight is 388 g/mol. The molecule has 146 valence electrons. The minimum absolute atomic E-state index is 0.202. The van der Waals surface area contributed by atoms with Crippen molar-refractivity contribution in [2.75, 3.05) is 5.32 Å². The van der Waals surface area contributed by atoms with Crippen molar-refractivity contribution in [3.8, 4) is 0 Å². The van der Waals surface area contributed by atoms with Gasteiger partial charge in [-0.15, -0.1) is 0 Å². The van der Waals surface area contributed by atoms with E-state index in [1.807, 2.05) is 37.3 Å². The van der Waals surface area contributed by atoms with Gasteiger partial charge in [0.2, 0.25) is 5.91 Å². The number of amides is 2. The Bertz CT molecular complexity index is 1030. The van der Waals surface area contributed by atoms with Crippen molar-refractivity contribution in [3.63, 3.8) is 0 Å². The number of hydrogen-bond acceptors (Lipinski definition) is 2. The zero-order chi connectivity index (χ0) is 20.6. The van der Waals surface area contributed by atoms with Crippen LogP contribution in [0.3, 0.4) is 0 Å². The van der Waals surface area contributed by atoms with E-state index in [1.54, 1.807) is 24.3 Å². The monoisotopic (exact) mass is 388 g/mol. The molecule has 0 unspecified atom stereocenters. The lowest BCUT2D eigenvalue weighted by molar-refractivity contribution is -0.116. The highest BCUT2D eigenvalue weighted by Gasteiger charge is 2.07. The van der Waals surface area contributed by atoms with Gasteiger partial charge in [0.1, 0.15) is 5.82 Å². The zero-order valence-corrected chi connectivity index (χ0v) is 16.0. The molecule has 5 heteroatoms. The van der Waals surface area contributed by atoms with Crippen molar-refractivity contribution in [1.82, 2.24) is 5.32 Å². The molecule has 0 fully saturated rings. The Kier molecular flexibility index (Phi) is 6.53. The second-order valence-electron chi connectivity index (χ2n) is 6.62. The van der Waals surface area contributed by atoms with Crippen LogP contribution in [-0.4, -0.2) is 11.8 Å². The molecular formula is C24H21FN2O2. The number of nitrogens with one attached hydrogen (secondary N) is 2. The summed E-state index contributed by atoms with van der Waals surface area (Å²) in [6, 6.07) is 20.4. The Balaban J connectivity index is 1.55. The zero-order valence-electron chi connectivity index (χ0n) is 16.0. The molecule has 0 aliphatic heterocycles. The van der Waals surface area contributed by atoms with Gasteiger partial charge in [-0.2, -0.15) is 0 Å². The van der Waals surface area contributed by atoms with Gasteiger partial charge >= 0.3 is 0 Å². The van der Waals surface area contributed by atoms with Crippen LogP contribution in [0.1, 0.15) is 27.0 Å². The molecule has 3 rings (SSSR count). The summed E-state index contributed by atoms with van der Waals surface area (Å²) in [6.45, 7) is 2.34. The fourth-order valence-corrected chi connectivity index (χ4v) is 2.66. The van der Waals surface area contributed by atoms with Gasteiger partial charge in [0.05, 0.1) is 0 Å². The number of benzene rings is 3. The first-order chi connectivity index (χ1) is 14.0. The van der Waals surface area contributed by atoms with Crippen LogP contribution in [0.4, 0.5) is 10.1 Å². The molecule has 3 aromatic carbocycles. The molecular weight excluding hydrogens is 367 g/mol. The van der Waals surface area contributed by atoms with E-state index in [0.717, 1.165) is 16.7 Å². The number of hydrogen-bond donors (Lipinski definition) is 2. The van der Waals surface area contributed by atoms with Crippen molar-refractivity contribution in [2.24, 2.45) is 0 Å². The lowest BCUT2D eigenvalue weighted by Gasteiger charge is -2.08. The number of halogens is 1. The third-order valence-corrected chi connectivity index (χ3v) is 4.26. The number of anilines is 1. The summed E-state index contributed by atoms with van der Waals surface area (Å²) < 4.78 is 13.0. The molecule has 0 aromatic heterocycles. The molecule has 0 saturated heterocycles. The second-order valence-corrected chi connectivity index (χ2v) is 6.62. The molecule has 0 saturated carbocycles. The highest BCUT2D eigenvalue weighted by atomic mass is 19.1. The Morgan fingerprint density at radius 3 is 2.41 bits per heavy atom. The Morgan fingerprint density at radius 1 is 0.966 bits per heavy atom. The largest absolute Gasteiger partial charge is 0.348 e. The van der Waals surface area contributed by atoms with E-state index in [-0.39, 0.29) is 11.8 Å². The summed E-state index contributed by atoms with van der Waals surface area (Å²) in [5, 5.41) is 5.59. The number of carbonyl (C=O) groups is 2. The van der Waals surface area contributed by atoms with Crippen LogP contribution in [0.2, 0.25) is 0 Å². The standard InChI is InChI=1S/C24H21FN2O2/c1-17-5-7-18(8-6-17)9-14-23(28)26-16-19-3-2-4-22(15-19)27-24(29)20-10-12-21(25)13-11-20/h2-15H,16H2,1H3,(H,26,28)(H,27,29)/b14-9+. The highest BCUT2D eigenvalue weighted by Crippen LogP contribution is 2.13. The van der Waals surface area contributed by atoms with Crippen LogP contribution < -0.4 is 10.6 Å². The molecule has 29 heavy (non-hydrogen) atoms. The van der Waals surface area contributed by atoms with Crippen LogP contribution >= 0.6 is 0 Å². The molecule has 4 nitrogen and oxygen atoms in total. The molecule has 0 spiro atoms. The van der Waals surface area contributed by atoms with E-state index in [4.69, 9.17) is 0 Å². The van der Waals surface area contributed by atoms with Crippen LogP contribution in [0.15, 0.2) is 78.9 Å². The van der Waals surface area contributed by atoms with Gasteiger partial charge in [0.25, 0.3) is 5.91 Å². The van der Waals surface area contributed by atoms with Gasteiger partial charge in [0, 0.05) is 23.9 Å². The van der Waals surface area contributed by atoms with Crippen LogP contribution in [0.25, 0.3) is 6.08 Å². The maximum atomic E-state index is 13.0. The summed E-state index contributed by atoms with van der Waals surface area (Å²) in [7, 11) is 0. The van der Waals surface area contributed by atoms with E-state index in [9.17, 15) is 14.0 Å². The van der Waals surface area contributed by atoms with Crippen LogP contribution in [0.5, 0.6) is 0 Å². The minimum atomic E-state index is -0.393. The predicted molar refractivity (Wildman–Crippen MR) is 113 cm³/mol. The number of carbonyl (C=O) groups excluding carboxylic acids is 2. The minimum Gasteiger partial charge on any atom is -0.348 e. The van der Waals surface area contributed by atoms with Gasteiger partial charge in [-0.05, 0) is 60.5 Å². The van der Waals surface area contributed by atoms with Crippen molar-refractivity contribution in [3.05, 3.63) is 107 Å². The Labute approximate surface area is 169 Å². The van der Waals surface area contributed by atoms with E-state index in [2.05, 4.69) is 10.6 Å². The first-order valence-electron chi connectivity index (χ1n) is 9.18. The van der Waals surface area contributed by atoms with Crippen molar-refractivity contribution < 1.29 is 14.0 Å². The average Bonchev–Trinajstić information content (AvgIpc) is 2.72. The summed E-state index contributed by atoms with van der Waals surface area (Å²) in [4.78, 5) is 24.3. The van der Waals surface area contributed by atoms with Gasteiger partial charge in [-0.25, -0.2) is 4.39 Å². The normalized spacial score (nSPS) is 10.7. The Morgan fingerprint density at radius 2 is 1.69 bits per heavy atom. The SMILES string of the molecule is Cc1ccc(/C=C/C(=O)NCc2cccc(NC(=O)c3ccc(F)cc3)c2)cc1. The quantitative estimate of drug-likeness (QED) is 0.601. The van der Waals surface area contributed by atoms with Gasteiger partial charge < -0.3 is 10.6 Å². The van der Waals surface area contributed by atoms with Crippen molar-refractivity contribution in [2.45, 2.75) is 13.5 Å². The van der Waals surface area contributed by atoms with Gasteiger partial charge in [-0.3, -0.25) is 9.59 Å². The fraction of sp³-hybridized carbons (Fsp3) is 0.0833. The molecule has 0 bridgehead atoms. The Hall–Kier alpha value is -3.73. The summed E-state index contributed by atoms with van der Waals surface area (Å²) in [5.41, 5.74) is 3.93. The van der Waals surface area contributed by atoms with Crippen molar-refractivity contribution in [1.29, 1.82) is 0 Å². The van der Waals surface area contributed by atoms with E-state index >= 15 is 0 Å². The lowest BCUT2D eigenvalue weighted by atomic mass is 10.1. The van der Waals surface area contributed by atoms with E-state index < -0.39 is 5.82 Å². The fourth-order valence-electron chi connectivity index (χ4n) is 2.66. The van der Waals surface area contributed by atoms with Crippen LogP contribution in [0, 0.1) is 12.7 Å². The predicted octanol–water partition coefficient (Wildman–Crippen LogP) is 4.72. The van der Waals surface area contributed by atoms with Gasteiger partial charge in [0.15, 0.2) is 0 Å². The number of aryl methyl sites for hydroxylation is 1. The lowest BCUT2D eigenvalue weighted by Crippen LogP contribution is -2.20. The number of rotatable bonds is 6. The maximum Gasteiger partial charge on any atom is 0.255 e. The van der Waals surface area contributed by atoms with Crippen molar-refractivity contribution >= 4 is 23.6 Å². The smallest absolute Gasteiger partial charge is 0.255 e.